The summed E-state index contributed by atoms with van der Waals surface area (Å²) in [6, 6.07) is 5.33. The van der Waals surface area contributed by atoms with Crippen LogP contribution < -0.4 is 0 Å². The standard InChI is InChI=1S/C11H10O2/c1-9-7-10(8-13)4-5-11(9)3-2-6-12/h2-8H,1H3. The second-order valence-corrected chi connectivity index (χ2v) is 2.73. The maximum Gasteiger partial charge on any atom is 0.150 e. The third-order valence-corrected chi connectivity index (χ3v) is 1.78. The van der Waals surface area contributed by atoms with E-state index in [1.807, 2.05) is 13.0 Å². The molecule has 0 aliphatic carbocycles. The molecule has 66 valence electrons. The van der Waals surface area contributed by atoms with Gasteiger partial charge in [-0.2, -0.15) is 0 Å². The lowest BCUT2D eigenvalue weighted by Crippen LogP contribution is -1.85. The number of benzene rings is 1. The lowest BCUT2D eigenvalue weighted by molar-refractivity contribution is -0.104. The fourth-order valence-corrected chi connectivity index (χ4v) is 1.10. The molecule has 0 bridgehead atoms. The number of allylic oxidation sites excluding steroid dienone is 1. The lowest BCUT2D eigenvalue weighted by Gasteiger charge is -1.99. The first-order valence-electron chi connectivity index (χ1n) is 3.95. The van der Waals surface area contributed by atoms with Gasteiger partial charge in [-0.25, -0.2) is 0 Å². The molecule has 0 unspecified atom stereocenters. The van der Waals surface area contributed by atoms with Gasteiger partial charge in [0.15, 0.2) is 0 Å². The first-order chi connectivity index (χ1) is 6.27. The highest BCUT2D eigenvalue weighted by atomic mass is 16.1. The van der Waals surface area contributed by atoms with Gasteiger partial charge in [-0.15, -0.1) is 0 Å². The van der Waals surface area contributed by atoms with E-state index >= 15 is 0 Å². The molecular weight excluding hydrogens is 164 g/mol. The second kappa shape index (κ2) is 4.36. The number of hydrogen-bond donors (Lipinski definition) is 0. The van der Waals surface area contributed by atoms with Gasteiger partial charge in [-0.05, 0) is 30.2 Å². The molecule has 0 aliphatic rings. The molecule has 0 spiro atoms. The van der Waals surface area contributed by atoms with Crippen LogP contribution >= 0.6 is 0 Å². The highest BCUT2D eigenvalue weighted by molar-refractivity contribution is 5.78. The Balaban J connectivity index is 3.04. The van der Waals surface area contributed by atoms with Gasteiger partial charge in [-0.3, -0.25) is 9.59 Å². The molecular formula is C11H10O2. The maximum absolute atomic E-state index is 10.4. The summed E-state index contributed by atoms with van der Waals surface area (Å²) in [6.07, 6.45) is 4.69. The molecule has 0 amide bonds. The Hall–Kier alpha value is -1.70. The zero-order valence-electron chi connectivity index (χ0n) is 7.36. The zero-order valence-corrected chi connectivity index (χ0v) is 7.36. The topological polar surface area (TPSA) is 34.1 Å². The Bertz CT molecular complexity index is 351. The molecule has 1 aromatic rings. The Morgan fingerprint density at radius 2 is 2.00 bits per heavy atom. The van der Waals surface area contributed by atoms with Crippen LogP contribution in [0.1, 0.15) is 21.5 Å². The quantitative estimate of drug-likeness (QED) is 0.519. The minimum absolute atomic E-state index is 0.653. The van der Waals surface area contributed by atoms with Gasteiger partial charge in [0.1, 0.15) is 12.6 Å². The van der Waals surface area contributed by atoms with E-state index in [-0.39, 0.29) is 0 Å². The Labute approximate surface area is 76.9 Å². The van der Waals surface area contributed by atoms with E-state index < -0.39 is 0 Å². The van der Waals surface area contributed by atoms with Crippen LogP contribution in [0.5, 0.6) is 0 Å². The van der Waals surface area contributed by atoms with Gasteiger partial charge >= 0.3 is 0 Å². The summed E-state index contributed by atoms with van der Waals surface area (Å²) in [5.74, 6) is 0. The van der Waals surface area contributed by atoms with E-state index in [9.17, 15) is 9.59 Å². The number of carbonyl (C=O) groups is 2. The summed E-state index contributed by atoms with van der Waals surface area (Å²) in [7, 11) is 0. The van der Waals surface area contributed by atoms with Crippen molar-refractivity contribution in [1.82, 2.24) is 0 Å². The van der Waals surface area contributed by atoms with Crippen LogP contribution in [0.15, 0.2) is 24.3 Å². The molecule has 2 nitrogen and oxygen atoms in total. The van der Waals surface area contributed by atoms with Crippen LogP contribution in [0.2, 0.25) is 0 Å². The van der Waals surface area contributed by atoms with Crippen LogP contribution in [-0.2, 0) is 4.79 Å². The number of carbonyl (C=O) groups excluding carboxylic acids is 2. The van der Waals surface area contributed by atoms with Crippen molar-refractivity contribution in [3.63, 3.8) is 0 Å². The molecule has 0 N–H and O–H groups in total. The Morgan fingerprint density at radius 1 is 1.23 bits per heavy atom. The summed E-state index contributed by atoms with van der Waals surface area (Å²) >= 11 is 0. The molecule has 2 heteroatoms. The average molecular weight is 174 g/mol. The van der Waals surface area contributed by atoms with Crippen LogP contribution in [0.3, 0.4) is 0 Å². The smallest absolute Gasteiger partial charge is 0.150 e. The predicted octanol–water partition coefficient (Wildman–Crippen LogP) is 2.02. The number of rotatable bonds is 3. The van der Waals surface area contributed by atoms with E-state index in [0.29, 0.717) is 5.56 Å². The van der Waals surface area contributed by atoms with Crippen molar-refractivity contribution in [2.45, 2.75) is 6.92 Å². The summed E-state index contributed by atoms with van der Waals surface area (Å²) < 4.78 is 0. The van der Waals surface area contributed by atoms with Gasteiger partial charge in [0.25, 0.3) is 0 Å². The van der Waals surface area contributed by atoms with Crippen molar-refractivity contribution in [2.75, 3.05) is 0 Å². The van der Waals surface area contributed by atoms with Gasteiger partial charge < -0.3 is 0 Å². The molecule has 0 atom stereocenters. The highest BCUT2D eigenvalue weighted by Crippen LogP contribution is 2.11. The second-order valence-electron chi connectivity index (χ2n) is 2.73. The Kier molecular flexibility index (Phi) is 3.15. The minimum atomic E-state index is 0.653. The van der Waals surface area contributed by atoms with E-state index in [2.05, 4.69) is 0 Å². The van der Waals surface area contributed by atoms with Crippen molar-refractivity contribution in [3.8, 4) is 0 Å². The fraction of sp³-hybridized carbons (Fsp3) is 0.0909. The average Bonchev–Trinajstić information content (AvgIpc) is 2.16. The summed E-state index contributed by atoms with van der Waals surface area (Å²) in [6.45, 7) is 1.90. The molecule has 1 aromatic carbocycles. The van der Waals surface area contributed by atoms with Gasteiger partial charge in [-0.1, -0.05) is 18.2 Å². The Morgan fingerprint density at radius 3 is 2.54 bits per heavy atom. The van der Waals surface area contributed by atoms with Crippen molar-refractivity contribution in [1.29, 1.82) is 0 Å². The largest absolute Gasteiger partial charge is 0.299 e. The van der Waals surface area contributed by atoms with Crippen molar-refractivity contribution in [3.05, 3.63) is 41.0 Å². The first-order valence-corrected chi connectivity index (χ1v) is 3.95. The molecule has 0 aromatic heterocycles. The molecule has 1 rings (SSSR count). The molecule has 0 saturated carbocycles. The number of hydrogen-bond acceptors (Lipinski definition) is 2. The third-order valence-electron chi connectivity index (χ3n) is 1.78. The van der Waals surface area contributed by atoms with E-state index in [0.717, 1.165) is 23.7 Å². The highest BCUT2D eigenvalue weighted by Gasteiger charge is 1.95. The van der Waals surface area contributed by atoms with Crippen LogP contribution in [0.25, 0.3) is 6.08 Å². The summed E-state index contributed by atoms with van der Waals surface area (Å²) in [4.78, 5) is 20.5. The lowest BCUT2D eigenvalue weighted by atomic mass is 10.1. The van der Waals surface area contributed by atoms with Crippen LogP contribution in [0, 0.1) is 6.92 Å². The number of aldehydes is 2. The molecule has 0 radical (unpaired) electrons. The van der Waals surface area contributed by atoms with E-state index in [1.165, 1.54) is 6.08 Å². The van der Waals surface area contributed by atoms with E-state index in [1.54, 1.807) is 18.2 Å². The molecule has 0 heterocycles. The molecule has 0 aliphatic heterocycles. The van der Waals surface area contributed by atoms with Crippen LogP contribution in [0.4, 0.5) is 0 Å². The molecule has 13 heavy (non-hydrogen) atoms. The van der Waals surface area contributed by atoms with Crippen molar-refractivity contribution < 1.29 is 9.59 Å². The molecule has 0 saturated heterocycles. The van der Waals surface area contributed by atoms with E-state index in [4.69, 9.17) is 0 Å². The fourth-order valence-electron chi connectivity index (χ4n) is 1.10. The summed E-state index contributed by atoms with van der Waals surface area (Å²) in [5, 5.41) is 0. The number of aryl methyl sites for hydroxylation is 1. The third kappa shape index (κ3) is 2.37. The SMILES string of the molecule is Cc1cc(C=O)ccc1C=CC=O. The van der Waals surface area contributed by atoms with Crippen molar-refractivity contribution >= 4 is 18.6 Å². The van der Waals surface area contributed by atoms with Crippen LogP contribution in [-0.4, -0.2) is 12.6 Å². The zero-order chi connectivity index (χ0) is 9.68. The minimum Gasteiger partial charge on any atom is -0.299 e. The van der Waals surface area contributed by atoms with Gasteiger partial charge in [0.05, 0.1) is 0 Å². The van der Waals surface area contributed by atoms with Gasteiger partial charge in [0.2, 0.25) is 0 Å². The maximum atomic E-state index is 10.4. The van der Waals surface area contributed by atoms with Gasteiger partial charge in [0, 0.05) is 5.56 Å². The normalized spacial score (nSPS) is 10.2. The summed E-state index contributed by atoms with van der Waals surface area (Å²) in [5.41, 5.74) is 2.60. The monoisotopic (exact) mass is 174 g/mol. The van der Waals surface area contributed by atoms with Crippen molar-refractivity contribution in [2.24, 2.45) is 0 Å². The predicted molar refractivity (Wildman–Crippen MR) is 51.7 cm³/mol. The molecule has 0 fully saturated rings. The first kappa shape index (κ1) is 9.39.